The molecule has 0 radical (unpaired) electrons. The highest BCUT2D eigenvalue weighted by molar-refractivity contribution is 5.92. The van der Waals surface area contributed by atoms with E-state index in [9.17, 15) is 20.0 Å². The van der Waals surface area contributed by atoms with Gasteiger partial charge >= 0.3 is 0 Å². The minimum Gasteiger partial charge on any atom is -0.391 e. The van der Waals surface area contributed by atoms with Gasteiger partial charge in [0.25, 0.3) is 5.69 Å². The van der Waals surface area contributed by atoms with E-state index in [-0.39, 0.29) is 12.2 Å². The van der Waals surface area contributed by atoms with Gasteiger partial charge in [-0.25, -0.2) is 0 Å². The number of nitro groups is 1. The van der Waals surface area contributed by atoms with Crippen LogP contribution < -0.4 is 5.32 Å². The Hall–Kier alpha value is -2.21. The lowest BCUT2D eigenvalue weighted by Gasteiger charge is -2.08. The van der Waals surface area contributed by atoms with Gasteiger partial charge in [0.15, 0.2) is 0 Å². The molecule has 0 bridgehead atoms. The van der Waals surface area contributed by atoms with E-state index in [0.29, 0.717) is 12.0 Å². The quantitative estimate of drug-likeness (QED) is 0.452. The molecule has 0 saturated heterocycles. The summed E-state index contributed by atoms with van der Waals surface area (Å²) in [7, 11) is 0. The Morgan fingerprint density at radius 1 is 1.50 bits per heavy atom. The lowest BCUT2D eigenvalue weighted by Crippen LogP contribution is -2.30. The highest BCUT2D eigenvalue weighted by Gasteiger charge is 2.10. The van der Waals surface area contributed by atoms with Gasteiger partial charge in [0.2, 0.25) is 5.91 Å². The number of aliphatic hydroxyl groups is 1. The normalized spacial score (nSPS) is 12.3. The van der Waals surface area contributed by atoms with E-state index in [1.807, 2.05) is 6.92 Å². The van der Waals surface area contributed by atoms with Crippen molar-refractivity contribution in [2.45, 2.75) is 25.9 Å². The first kappa shape index (κ1) is 15.8. The van der Waals surface area contributed by atoms with Gasteiger partial charge in [-0.2, -0.15) is 0 Å². The van der Waals surface area contributed by atoms with E-state index in [1.165, 1.54) is 18.2 Å². The highest BCUT2D eigenvalue weighted by Crippen LogP contribution is 2.18. The first-order chi connectivity index (χ1) is 9.54. The summed E-state index contributed by atoms with van der Waals surface area (Å²) in [5.41, 5.74) is 0.310. The first-order valence-electron chi connectivity index (χ1n) is 6.42. The van der Waals surface area contributed by atoms with Crippen molar-refractivity contribution in [3.63, 3.8) is 0 Å². The van der Waals surface area contributed by atoms with E-state index in [1.54, 1.807) is 18.2 Å². The monoisotopic (exact) mass is 278 g/mol. The molecule has 0 aliphatic carbocycles. The standard InChI is InChI=1S/C14H18N2O4/c1-2-5-12(17)10-15-14(18)9-8-11-6-3-4-7-13(11)16(19)20/h3-4,6-9,12,17H,2,5,10H2,1H3,(H,15,18)/b9-8+. The van der Waals surface area contributed by atoms with Crippen LogP contribution in [0.3, 0.4) is 0 Å². The van der Waals surface area contributed by atoms with Crippen LogP contribution in [0.15, 0.2) is 30.3 Å². The molecule has 0 heterocycles. The summed E-state index contributed by atoms with van der Waals surface area (Å²) in [4.78, 5) is 21.8. The van der Waals surface area contributed by atoms with Gasteiger partial charge in [-0.3, -0.25) is 14.9 Å². The molecule has 1 amide bonds. The van der Waals surface area contributed by atoms with Gasteiger partial charge < -0.3 is 10.4 Å². The molecule has 0 spiro atoms. The molecule has 0 aromatic heterocycles. The summed E-state index contributed by atoms with van der Waals surface area (Å²) in [5.74, 6) is -0.390. The van der Waals surface area contributed by atoms with Gasteiger partial charge in [0, 0.05) is 18.7 Å². The number of benzene rings is 1. The number of para-hydroxylation sites is 1. The molecule has 6 heteroatoms. The van der Waals surface area contributed by atoms with Crippen molar-refractivity contribution in [2.24, 2.45) is 0 Å². The zero-order valence-corrected chi connectivity index (χ0v) is 11.3. The number of carbonyl (C=O) groups excluding carboxylic acids is 1. The molecule has 0 saturated carbocycles. The fraction of sp³-hybridized carbons (Fsp3) is 0.357. The number of hydrogen-bond donors (Lipinski definition) is 2. The topological polar surface area (TPSA) is 92.5 Å². The van der Waals surface area contributed by atoms with Crippen LogP contribution in [0.1, 0.15) is 25.3 Å². The third-order valence-corrected chi connectivity index (χ3v) is 2.68. The largest absolute Gasteiger partial charge is 0.391 e. The Balaban J connectivity index is 2.60. The Morgan fingerprint density at radius 3 is 2.85 bits per heavy atom. The van der Waals surface area contributed by atoms with E-state index in [4.69, 9.17) is 0 Å². The smallest absolute Gasteiger partial charge is 0.276 e. The minimum atomic E-state index is -0.566. The molecule has 1 aromatic carbocycles. The van der Waals surface area contributed by atoms with Crippen molar-refractivity contribution in [3.05, 3.63) is 46.0 Å². The lowest BCUT2D eigenvalue weighted by atomic mass is 10.1. The van der Waals surface area contributed by atoms with Crippen molar-refractivity contribution in [2.75, 3.05) is 6.54 Å². The Bertz CT molecular complexity index is 500. The zero-order chi connectivity index (χ0) is 15.0. The zero-order valence-electron chi connectivity index (χ0n) is 11.3. The SMILES string of the molecule is CCCC(O)CNC(=O)/C=C/c1ccccc1[N+](=O)[O-]. The second-order valence-electron chi connectivity index (χ2n) is 4.34. The average molecular weight is 278 g/mol. The summed E-state index contributed by atoms with van der Waals surface area (Å²) in [6, 6.07) is 6.17. The average Bonchev–Trinajstić information content (AvgIpc) is 2.43. The van der Waals surface area contributed by atoms with Crippen LogP contribution in [0.5, 0.6) is 0 Å². The second kappa shape index (κ2) is 8.06. The van der Waals surface area contributed by atoms with Crippen LogP contribution in [0.2, 0.25) is 0 Å². The molecule has 1 rings (SSSR count). The van der Waals surface area contributed by atoms with Crippen molar-refractivity contribution in [1.29, 1.82) is 0 Å². The summed E-state index contributed by atoms with van der Waals surface area (Å²) in [6.07, 6.45) is 3.50. The number of hydrogen-bond acceptors (Lipinski definition) is 4. The summed E-state index contributed by atoms with van der Waals surface area (Å²) in [6.45, 7) is 2.12. The Labute approximate surface area is 117 Å². The van der Waals surface area contributed by atoms with Gasteiger partial charge in [0.05, 0.1) is 16.6 Å². The molecule has 1 atom stereocenters. The van der Waals surface area contributed by atoms with Gasteiger partial charge in [0.1, 0.15) is 0 Å². The maximum Gasteiger partial charge on any atom is 0.276 e. The van der Waals surface area contributed by atoms with E-state index in [2.05, 4.69) is 5.32 Å². The van der Waals surface area contributed by atoms with Gasteiger partial charge in [-0.15, -0.1) is 0 Å². The predicted octanol–water partition coefficient (Wildman–Crippen LogP) is 1.89. The van der Waals surface area contributed by atoms with Crippen LogP contribution in [0, 0.1) is 10.1 Å². The van der Waals surface area contributed by atoms with Crippen molar-refractivity contribution in [1.82, 2.24) is 5.32 Å². The molecule has 0 aliphatic rings. The number of carbonyl (C=O) groups is 1. The number of nitro benzene ring substituents is 1. The first-order valence-corrected chi connectivity index (χ1v) is 6.42. The van der Waals surface area contributed by atoms with Crippen LogP contribution in [-0.4, -0.2) is 28.6 Å². The van der Waals surface area contributed by atoms with Crippen LogP contribution in [0.4, 0.5) is 5.69 Å². The highest BCUT2D eigenvalue weighted by atomic mass is 16.6. The van der Waals surface area contributed by atoms with E-state index >= 15 is 0 Å². The van der Waals surface area contributed by atoms with E-state index < -0.39 is 16.9 Å². The number of aliphatic hydroxyl groups excluding tert-OH is 1. The maximum absolute atomic E-state index is 11.5. The molecule has 0 fully saturated rings. The van der Waals surface area contributed by atoms with Crippen molar-refractivity contribution < 1.29 is 14.8 Å². The summed E-state index contributed by atoms with van der Waals surface area (Å²) >= 11 is 0. The van der Waals surface area contributed by atoms with Gasteiger partial charge in [-0.1, -0.05) is 25.5 Å². The fourth-order valence-corrected chi connectivity index (χ4v) is 1.67. The molecule has 6 nitrogen and oxygen atoms in total. The molecular weight excluding hydrogens is 260 g/mol. The third kappa shape index (κ3) is 5.19. The molecule has 1 aromatic rings. The second-order valence-corrected chi connectivity index (χ2v) is 4.34. The fourth-order valence-electron chi connectivity index (χ4n) is 1.67. The molecule has 0 aliphatic heterocycles. The number of amides is 1. The van der Waals surface area contributed by atoms with Crippen LogP contribution in [0.25, 0.3) is 6.08 Å². The van der Waals surface area contributed by atoms with Crippen LogP contribution in [-0.2, 0) is 4.79 Å². The maximum atomic E-state index is 11.5. The molecule has 2 N–H and O–H groups in total. The number of nitrogens with zero attached hydrogens (tertiary/aromatic N) is 1. The number of nitrogens with one attached hydrogen (secondary N) is 1. The minimum absolute atomic E-state index is 0.0532. The molecule has 1 unspecified atom stereocenters. The lowest BCUT2D eigenvalue weighted by molar-refractivity contribution is -0.385. The Kier molecular flexibility index (Phi) is 6.39. The van der Waals surface area contributed by atoms with Crippen LogP contribution >= 0.6 is 0 Å². The summed E-state index contributed by atoms with van der Waals surface area (Å²) < 4.78 is 0. The van der Waals surface area contributed by atoms with Gasteiger partial charge in [-0.05, 0) is 18.6 Å². The third-order valence-electron chi connectivity index (χ3n) is 2.68. The Morgan fingerprint density at radius 2 is 2.20 bits per heavy atom. The summed E-state index contributed by atoms with van der Waals surface area (Å²) in [5, 5.41) is 22.8. The number of rotatable bonds is 7. The van der Waals surface area contributed by atoms with Crippen molar-refractivity contribution >= 4 is 17.7 Å². The molecule has 20 heavy (non-hydrogen) atoms. The van der Waals surface area contributed by atoms with E-state index in [0.717, 1.165) is 6.42 Å². The van der Waals surface area contributed by atoms with Crippen molar-refractivity contribution in [3.8, 4) is 0 Å². The molecule has 108 valence electrons. The molecular formula is C14H18N2O4. The predicted molar refractivity (Wildman–Crippen MR) is 76.1 cm³/mol.